The Morgan fingerprint density at radius 2 is 1.68 bits per heavy atom. The van der Waals surface area contributed by atoms with Gasteiger partial charge in [0.15, 0.2) is 5.76 Å². The van der Waals surface area contributed by atoms with E-state index in [0.29, 0.717) is 28.6 Å². The molecule has 8 heteroatoms. The maximum Gasteiger partial charge on any atom is 0.307 e. The van der Waals surface area contributed by atoms with Crippen LogP contribution in [0.15, 0.2) is 98.9 Å². The highest BCUT2D eigenvalue weighted by molar-refractivity contribution is 5.92. The Morgan fingerprint density at radius 1 is 0.947 bits per heavy atom. The van der Waals surface area contributed by atoms with Crippen molar-refractivity contribution in [3.63, 3.8) is 0 Å². The van der Waals surface area contributed by atoms with Crippen molar-refractivity contribution in [2.45, 2.75) is 20.5 Å². The zero-order valence-electron chi connectivity index (χ0n) is 20.8. The quantitative estimate of drug-likeness (QED) is 0.201. The predicted octanol–water partition coefficient (Wildman–Crippen LogP) is 6.16. The number of aryl methyl sites for hydroxylation is 2. The molecule has 8 nitrogen and oxygen atoms in total. The second kappa shape index (κ2) is 10.8. The Kier molecular flexibility index (Phi) is 6.91. The summed E-state index contributed by atoms with van der Waals surface area (Å²) in [6.45, 7) is 4.32. The molecule has 0 aliphatic carbocycles. The Balaban J connectivity index is 1.13. The summed E-state index contributed by atoms with van der Waals surface area (Å²) in [5.41, 5.74) is 7.23. The van der Waals surface area contributed by atoms with Gasteiger partial charge in [-0.15, -0.1) is 0 Å². The van der Waals surface area contributed by atoms with Crippen LogP contribution < -0.4 is 10.2 Å². The van der Waals surface area contributed by atoms with Crippen molar-refractivity contribution < 1.29 is 18.4 Å². The van der Waals surface area contributed by atoms with Gasteiger partial charge in [0.2, 0.25) is 0 Å². The first kappa shape index (κ1) is 24.4. The van der Waals surface area contributed by atoms with Crippen molar-refractivity contribution in [3.8, 4) is 28.8 Å². The summed E-state index contributed by atoms with van der Waals surface area (Å²) in [4.78, 5) is 12.4. The van der Waals surface area contributed by atoms with Gasteiger partial charge < -0.3 is 18.1 Å². The minimum absolute atomic E-state index is 0.118. The van der Waals surface area contributed by atoms with Crippen LogP contribution in [0.1, 0.15) is 39.0 Å². The fourth-order valence-corrected chi connectivity index (χ4v) is 4.00. The molecule has 0 saturated carbocycles. The maximum atomic E-state index is 12.4. The number of hydrogen-bond donors (Lipinski definition) is 1. The normalized spacial score (nSPS) is 11.0. The highest BCUT2D eigenvalue weighted by atomic mass is 16.5. The summed E-state index contributed by atoms with van der Waals surface area (Å²) in [5, 5.41) is 12.9. The Bertz CT molecular complexity index is 1610. The molecule has 2 aromatic carbocycles. The molecule has 0 saturated heterocycles. The van der Waals surface area contributed by atoms with Gasteiger partial charge in [-0.25, -0.2) is 5.43 Å². The molecule has 0 spiro atoms. The molecule has 0 atom stereocenters. The third-order valence-electron chi connectivity index (χ3n) is 5.92. The summed E-state index contributed by atoms with van der Waals surface area (Å²) in [6.07, 6.45) is 1.40. The lowest BCUT2D eigenvalue weighted by Crippen LogP contribution is -2.16. The Hall–Kier alpha value is -5.29. The first-order valence-electron chi connectivity index (χ1n) is 11.9. The third kappa shape index (κ3) is 5.42. The summed E-state index contributed by atoms with van der Waals surface area (Å²) in [5.74, 6) is 1.93. The third-order valence-corrected chi connectivity index (χ3v) is 5.92. The molecule has 5 rings (SSSR count). The highest BCUT2D eigenvalue weighted by Crippen LogP contribution is 2.22. The second-order valence-electron chi connectivity index (χ2n) is 8.59. The van der Waals surface area contributed by atoms with Crippen LogP contribution in [0.25, 0.3) is 17.0 Å². The number of rotatable bonds is 8. The number of nitriles is 1. The Labute approximate surface area is 219 Å². The number of amides is 1. The van der Waals surface area contributed by atoms with E-state index < -0.39 is 5.91 Å². The second-order valence-corrected chi connectivity index (χ2v) is 8.59. The minimum atomic E-state index is -0.492. The van der Waals surface area contributed by atoms with Gasteiger partial charge in [-0.2, -0.15) is 10.4 Å². The topological polar surface area (TPSA) is 106 Å². The first-order chi connectivity index (χ1) is 18.5. The molecule has 0 bridgehead atoms. The molecule has 1 amide bonds. The molecule has 1 N–H and O–H groups in total. The van der Waals surface area contributed by atoms with E-state index in [0.717, 1.165) is 11.3 Å². The van der Waals surface area contributed by atoms with Crippen LogP contribution in [0.5, 0.6) is 5.75 Å². The summed E-state index contributed by atoms with van der Waals surface area (Å²) < 4.78 is 19.3. The van der Waals surface area contributed by atoms with Gasteiger partial charge in [0.25, 0.3) is 0 Å². The van der Waals surface area contributed by atoms with Crippen LogP contribution in [-0.4, -0.2) is 16.7 Å². The van der Waals surface area contributed by atoms with Crippen LogP contribution >= 0.6 is 0 Å². The predicted molar refractivity (Wildman–Crippen MR) is 142 cm³/mol. The van der Waals surface area contributed by atoms with Gasteiger partial charge in [-0.1, -0.05) is 0 Å². The molecule has 188 valence electrons. The average Bonchev–Trinajstić information content (AvgIpc) is 3.69. The highest BCUT2D eigenvalue weighted by Gasteiger charge is 2.12. The van der Waals surface area contributed by atoms with E-state index in [1.165, 1.54) is 17.6 Å². The molecule has 0 aliphatic heterocycles. The summed E-state index contributed by atoms with van der Waals surface area (Å²) in [7, 11) is 0. The van der Waals surface area contributed by atoms with Crippen LogP contribution in [0.4, 0.5) is 0 Å². The van der Waals surface area contributed by atoms with E-state index in [-0.39, 0.29) is 12.4 Å². The lowest BCUT2D eigenvalue weighted by molar-refractivity contribution is 0.0923. The molecular formula is C30H24N4O4. The monoisotopic (exact) mass is 504 g/mol. The number of furan rings is 2. The van der Waals surface area contributed by atoms with Crippen LogP contribution in [0, 0.1) is 25.2 Å². The van der Waals surface area contributed by atoms with Gasteiger partial charge in [-0.3, -0.25) is 4.79 Å². The SMILES string of the molecule is Cc1ccc(C)n1-c1ccc(OCc2ccc(C(=O)N/N=C/c3ccc(-c4ccc(C#N)cc4)o3)o2)cc1. The number of ether oxygens (including phenoxy) is 1. The maximum absolute atomic E-state index is 12.4. The average molecular weight is 505 g/mol. The fraction of sp³-hybridized carbons (Fsp3) is 0.100. The van der Waals surface area contributed by atoms with Crippen LogP contribution in [0.3, 0.4) is 0 Å². The number of nitrogens with one attached hydrogen (secondary N) is 1. The number of carbonyl (C=O) groups excluding carboxylic acids is 1. The zero-order chi connectivity index (χ0) is 26.5. The lowest BCUT2D eigenvalue weighted by atomic mass is 10.1. The molecule has 3 aromatic heterocycles. The van der Waals surface area contributed by atoms with E-state index in [1.807, 2.05) is 24.3 Å². The number of nitrogens with zero attached hydrogens (tertiary/aromatic N) is 3. The van der Waals surface area contributed by atoms with Crippen molar-refractivity contribution in [2.24, 2.45) is 5.10 Å². The van der Waals surface area contributed by atoms with Gasteiger partial charge in [-0.05, 0) is 98.8 Å². The molecular weight excluding hydrogens is 480 g/mol. The van der Waals surface area contributed by atoms with E-state index in [4.69, 9.17) is 18.8 Å². The Morgan fingerprint density at radius 3 is 2.39 bits per heavy atom. The first-order valence-corrected chi connectivity index (χ1v) is 11.9. The zero-order valence-corrected chi connectivity index (χ0v) is 20.8. The van der Waals surface area contributed by atoms with Crippen molar-refractivity contribution in [1.82, 2.24) is 9.99 Å². The summed E-state index contributed by atoms with van der Waals surface area (Å²) >= 11 is 0. The summed E-state index contributed by atoms with van der Waals surface area (Å²) in [6, 6.07) is 27.9. The number of hydrogen-bond acceptors (Lipinski definition) is 6. The van der Waals surface area contributed by atoms with Gasteiger partial charge in [0.1, 0.15) is 29.6 Å². The van der Waals surface area contributed by atoms with Crippen molar-refractivity contribution in [2.75, 3.05) is 0 Å². The molecule has 3 heterocycles. The standard InChI is InChI=1S/C30H24N4O4/c1-20-3-4-21(2)34(20)24-9-11-25(12-10-24)36-19-27-14-16-29(38-27)30(35)33-32-18-26-13-15-28(37-26)23-7-5-22(17-31)6-8-23/h3-16,18H,19H2,1-2H3,(H,33,35)/b32-18+. The number of benzene rings is 2. The molecule has 38 heavy (non-hydrogen) atoms. The number of aromatic nitrogens is 1. The molecule has 5 aromatic rings. The van der Waals surface area contributed by atoms with Gasteiger partial charge >= 0.3 is 5.91 Å². The van der Waals surface area contributed by atoms with E-state index in [9.17, 15) is 4.79 Å². The molecule has 0 aliphatic rings. The fourth-order valence-electron chi connectivity index (χ4n) is 4.00. The molecule has 0 radical (unpaired) electrons. The van der Waals surface area contributed by atoms with Crippen molar-refractivity contribution in [3.05, 3.63) is 119 Å². The van der Waals surface area contributed by atoms with Crippen LogP contribution in [0.2, 0.25) is 0 Å². The van der Waals surface area contributed by atoms with Gasteiger partial charge in [0.05, 0.1) is 17.8 Å². The van der Waals surface area contributed by atoms with Crippen molar-refractivity contribution in [1.29, 1.82) is 5.26 Å². The lowest BCUT2D eigenvalue weighted by Gasteiger charge is -2.10. The number of hydrazone groups is 1. The van der Waals surface area contributed by atoms with E-state index in [2.05, 4.69) is 47.1 Å². The largest absolute Gasteiger partial charge is 0.486 e. The minimum Gasteiger partial charge on any atom is -0.486 e. The van der Waals surface area contributed by atoms with E-state index >= 15 is 0 Å². The van der Waals surface area contributed by atoms with E-state index in [1.54, 1.807) is 48.5 Å². The number of carbonyl (C=O) groups is 1. The molecule has 0 unspecified atom stereocenters. The smallest absolute Gasteiger partial charge is 0.307 e. The molecule has 0 fully saturated rings. The van der Waals surface area contributed by atoms with Crippen molar-refractivity contribution >= 4 is 12.1 Å². The van der Waals surface area contributed by atoms with Crippen LogP contribution in [-0.2, 0) is 6.61 Å². The van der Waals surface area contributed by atoms with Gasteiger partial charge in [0, 0.05) is 22.6 Å².